The molecule has 1 aromatic heterocycles. The molecule has 0 amide bonds. The summed E-state index contributed by atoms with van der Waals surface area (Å²) in [6.45, 7) is 0. The monoisotopic (exact) mass is 334 g/mol. The number of hydrogen-bond donors (Lipinski definition) is 0. The summed E-state index contributed by atoms with van der Waals surface area (Å²) in [7, 11) is -0.855. The second-order valence-corrected chi connectivity index (χ2v) is 8.01. The van der Waals surface area contributed by atoms with Crippen molar-refractivity contribution >= 4 is 25.8 Å². The third-order valence-electron chi connectivity index (χ3n) is 3.69. The lowest BCUT2D eigenvalue weighted by atomic mass is 9.89. The first-order chi connectivity index (χ1) is 8.50. The van der Waals surface area contributed by atoms with Gasteiger partial charge in [0.25, 0.3) is 0 Å². The topological polar surface area (TPSA) is 52.0 Å². The summed E-state index contributed by atoms with van der Waals surface area (Å²) in [5.41, 5.74) is 1.23. The molecule has 1 aromatic rings. The van der Waals surface area contributed by atoms with E-state index in [1.165, 1.54) is 5.56 Å². The Bertz CT molecular complexity index is 498. The summed E-state index contributed by atoms with van der Waals surface area (Å²) in [4.78, 5) is 0. The molecule has 102 valence electrons. The Labute approximate surface area is 117 Å². The van der Waals surface area contributed by atoms with Crippen LogP contribution in [0.25, 0.3) is 0 Å². The first kappa shape index (κ1) is 14.1. The Balaban J connectivity index is 1.90. The quantitative estimate of drug-likeness (QED) is 0.771. The minimum absolute atomic E-state index is 0.325. The van der Waals surface area contributed by atoms with Gasteiger partial charge in [-0.05, 0) is 36.7 Å². The lowest BCUT2D eigenvalue weighted by molar-refractivity contribution is 0.380. The van der Waals surface area contributed by atoms with Crippen molar-refractivity contribution in [1.82, 2.24) is 9.78 Å². The first-order valence-electron chi connectivity index (χ1n) is 6.24. The molecule has 2 unspecified atom stereocenters. The predicted molar refractivity (Wildman–Crippen MR) is 75.6 cm³/mol. The van der Waals surface area contributed by atoms with Gasteiger partial charge in [-0.1, -0.05) is 15.9 Å². The van der Waals surface area contributed by atoms with Gasteiger partial charge in [0, 0.05) is 18.6 Å². The van der Waals surface area contributed by atoms with Crippen LogP contribution < -0.4 is 0 Å². The molecule has 0 spiro atoms. The molecule has 1 aliphatic heterocycles. The number of aromatic nitrogens is 2. The SMILES string of the molecule is Cn1cc(CCC(CBr)C2CCS(=O)(=O)C2)cn1. The van der Waals surface area contributed by atoms with Gasteiger partial charge in [0.2, 0.25) is 0 Å². The molecule has 0 radical (unpaired) electrons. The molecule has 0 saturated carbocycles. The summed E-state index contributed by atoms with van der Waals surface area (Å²) in [5, 5.41) is 5.03. The van der Waals surface area contributed by atoms with E-state index in [1.54, 1.807) is 4.68 Å². The van der Waals surface area contributed by atoms with Gasteiger partial charge in [0.05, 0.1) is 17.7 Å². The molecule has 2 atom stereocenters. The average molecular weight is 335 g/mol. The molecule has 2 rings (SSSR count). The summed E-state index contributed by atoms with van der Waals surface area (Å²) in [6, 6.07) is 0. The lowest BCUT2D eigenvalue weighted by Gasteiger charge is -2.19. The van der Waals surface area contributed by atoms with Crippen LogP contribution in [-0.4, -0.2) is 35.0 Å². The van der Waals surface area contributed by atoms with Crippen LogP contribution in [-0.2, 0) is 23.3 Å². The maximum Gasteiger partial charge on any atom is 0.150 e. The van der Waals surface area contributed by atoms with Crippen LogP contribution in [0.2, 0.25) is 0 Å². The summed E-state index contributed by atoms with van der Waals surface area (Å²) in [5.74, 6) is 1.51. The van der Waals surface area contributed by atoms with Crippen LogP contribution in [0.5, 0.6) is 0 Å². The lowest BCUT2D eigenvalue weighted by Crippen LogP contribution is -2.18. The van der Waals surface area contributed by atoms with Crippen molar-refractivity contribution in [2.75, 3.05) is 16.8 Å². The van der Waals surface area contributed by atoms with Crippen LogP contribution in [0.1, 0.15) is 18.4 Å². The average Bonchev–Trinajstić information content (AvgIpc) is 2.86. The van der Waals surface area contributed by atoms with E-state index in [0.717, 1.165) is 24.6 Å². The predicted octanol–water partition coefficient (Wildman–Crippen LogP) is 1.80. The van der Waals surface area contributed by atoms with Gasteiger partial charge < -0.3 is 0 Å². The maximum absolute atomic E-state index is 11.5. The maximum atomic E-state index is 11.5. The molecule has 1 aliphatic rings. The summed E-state index contributed by atoms with van der Waals surface area (Å²) in [6.07, 6.45) is 6.73. The van der Waals surface area contributed by atoms with E-state index in [-0.39, 0.29) is 0 Å². The first-order valence-corrected chi connectivity index (χ1v) is 9.18. The minimum Gasteiger partial charge on any atom is -0.276 e. The van der Waals surface area contributed by atoms with Crippen LogP contribution in [0, 0.1) is 11.8 Å². The van der Waals surface area contributed by atoms with E-state index >= 15 is 0 Å². The number of sulfone groups is 1. The molecule has 1 saturated heterocycles. The zero-order valence-electron chi connectivity index (χ0n) is 10.5. The van der Waals surface area contributed by atoms with Crippen molar-refractivity contribution in [3.05, 3.63) is 18.0 Å². The highest BCUT2D eigenvalue weighted by Gasteiger charge is 2.32. The third kappa shape index (κ3) is 3.57. The molecule has 0 N–H and O–H groups in total. The van der Waals surface area contributed by atoms with Crippen molar-refractivity contribution in [2.45, 2.75) is 19.3 Å². The van der Waals surface area contributed by atoms with Crippen LogP contribution in [0.4, 0.5) is 0 Å². The van der Waals surface area contributed by atoms with Gasteiger partial charge in [-0.3, -0.25) is 4.68 Å². The van der Waals surface area contributed by atoms with Gasteiger partial charge >= 0.3 is 0 Å². The van der Waals surface area contributed by atoms with Crippen molar-refractivity contribution in [2.24, 2.45) is 18.9 Å². The summed E-state index contributed by atoms with van der Waals surface area (Å²) >= 11 is 3.53. The molecule has 2 heterocycles. The number of rotatable bonds is 5. The van der Waals surface area contributed by atoms with Crippen molar-refractivity contribution in [1.29, 1.82) is 0 Å². The Morgan fingerprint density at radius 3 is 2.89 bits per heavy atom. The van der Waals surface area contributed by atoms with E-state index in [1.807, 2.05) is 19.4 Å². The smallest absolute Gasteiger partial charge is 0.150 e. The van der Waals surface area contributed by atoms with E-state index in [2.05, 4.69) is 21.0 Å². The molecule has 18 heavy (non-hydrogen) atoms. The Morgan fingerprint density at radius 2 is 2.39 bits per heavy atom. The highest BCUT2D eigenvalue weighted by atomic mass is 79.9. The fourth-order valence-corrected chi connectivity index (χ4v) is 5.36. The fraction of sp³-hybridized carbons (Fsp3) is 0.750. The molecule has 6 heteroatoms. The van der Waals surface area contributed by atoms with Gasteiger partial charge in [-0.2, -0.15) is 5.10 Å². The normalized spacial score (nSPS) is 24.2. The number of aryl methyl sites for hydroxylation is 2. The minimum atomic E-state index is -2.77. The molecule has 4 nitrogen and oxygen atoms in total. The van der Waals surface area contributed by atoms with Gasteiger partial charge in [-0.15, -0.1) is 0 Å². The number of nitrogens with zero attached hydrogens (tertiary/aromatic N) is 2. The molecular formula is C12H19BrN2O2S. The van der Waals surface area contributed by atoms with Crippen LogP contribution >= 0.6 is 15.9 Å². The second-order valence-electron chi connectivity index (χ2n) is 5.14. The van der Waals surface area contributed by atoms with Crippen molar-refractivity contribution < 1.29 is 8.42 Å². The van der Waals surface area contributed by atoms with Gasteiger partial charge in [0.1, 0.15) is 0 Å². The number of hydrogen-bond acceptors (Lipinski definition) is 3. The van der Waals surface area contributed by atoms with E-state index in [9.17, 15) is 8.42 Å². The standard InChI is InChI=1S/C12H19BrN2O2S/c1-15-8-10(7-14-15)2-3-11(6-13)12-4-5-18(16,17)9-12/h7-8,11-12H,2-6,9H2,1H3. The Hall–Kier alpha value is -0.360. The van der Waals surface area contributed by atoms with Crippen LogP contribution in [0.15, 0.2) is 12.4 Å². The zero-order chi connectivity index (χ0) is 13.2. The molecular weight excluding hydrogens is 316 g/mol. The fourth-order valence-electron chi connectivity index (χ4n) is 2.59. The van der Waals surface area contributed by atoms with Gasteiger partial charge in [0.15, 0.2) is 9.84 Å². The second kappa shape index (κ2) is 5.74. The number of halogens is 1. The molecule has 0 aromatic carbocycles. The zero-order valence-corrected chi connectivity index (χ0v) is 13.0. The van der Waals surface area contributed by atoms with E-state index in [4.69, 9.17) is 0 Å². The molecule has 1 fully saturated rings. The van der Waals surface area contributed by atoms with Crippen molar-refractivity contribution in [3.8, 4) is 0 Å². The molecule has 0 aliphatic carbocycles. The Morgan fingerprint density at radius 1 is 1.61 bits per heavy atom. The molecule has 0 bridgehead atoms. The highest BCUT2D eigenvalue weighted by Crippen LogP contribution is 2.30. The van der Waals surface area contributed by atoms with Crippen LogP contribution in [0.3, 0.4) is 0 Å². The number of alkyl halides is 1. The van der Waals surface area contributed by atoms with Crippen molar-refractivity contribution in [3.63, 3.8) is 0 Å². The highest BCUT2D eigenvalue weighted by molar-refractivity contribution is 9.09. The Kier molecular flexibility index (Phi) is 4.48. The third-order valence-corrected chi connectivity index (χ3v) is 6.32. The largest absolute Gasteiger partial charge is 0.276 e. The summed E-state index contributed by atoms with van der Waals surface area (Å²) < 4.78 is 24.8. The van der Waals surface area contributed by atoms with Gasteiger partial charge in [-0.25, -0.2) is 8.42 Å². The van der Waals surface area contributed by atoms with E-state index < -0.39 is 9.84 Å². The van der Waals surface area contributed by atoms with E-state index in [0.29, 0.717) is 23.3 Å².